The minimum atomic E-state index is -4.50. The molecule has 1 aromatic rings. The molecule has 3 rings (SSSR count). The van der Waals surface area contributed by atoms with Crippen molar-refractivity contribution in [2.24, 2.45) is 5.10 Å². The van der Waals surface area contributed by atoms with Crippen LogP contribution in [-0.4, -0.2) is 49.5 Å². The van der Waals surface area contributed by atoms with Crippen LogP contribution in [0, 0.1) is 0 Å². The number of amides is 1. The summed E-state index contributed by atoms with van der Waals surface area (Å²) in [4.78, 5) is 13.1. The maximum atomic E-state index is 13.6. The molecule has 2 aliphatic rings. The van der Waals surface area contributed by atoms with Crippen LogP contribution in [0.2, 0.25) is 0 Å². The molecule has 0 spiro atoms. The molecule has 0 saturated carbocycles. The van der Waals surface area contributed by atoms with Gasteiger partial charge in [0, 0.05) is 17.3 Å². The fraction of sp³-hybridized carbons (Fsp3) is 0.529. The molecule has 0 aliphatic carbocycles. The maximum Gasteiger partial charge on any atom is 0.428 e. The Kier molecular flexibility index (Phi) is 5.36. The highest BCUT2D eigenvalue weighted by molar-refractivity contribution is 6.04. The molecular weight excluding hydrogens is 349 g/mol. The standard InChI is InChI=1S/C17H21F3N4O2/c1-24-7-2-3-12(6-8-24)21-14-5-4-11(9-13(14)17(18,19)20)15-10-26-16(25)23-22-15/h4-5,9,12,21H,2-3,6-8,10H2,1H3,(H,23,25). The molecule has 0 radical (unpaired) electrons. The van der Waals surface area contributed by atoms with Gasteiger partial charge in [0.05, 0.1) is 5.56 Å². The molecule has 1 amide bonds. The first kappa shape index (κ1) is 18.5. The lowest BCUT2D eigenvalue weighted by molar-refractivity contribution is -0.137. The summed E-state index contributed by atoms with van der Waals surface area (Å²) in [5, 5.41) is 6.84. The molecule has 9 heteroatoms. The molecule has 1 fully saturated rings. The van der Waals surface area contributed by atoms with Crippen LogP contribution in [-0.2, 0) is 10.9 Å². The minimum Gasteiger partial charge on any atom is -0.442 e. The fourth-order valence-corrected chi connectivity index (χ4v) is 3.15. The molecular formula is C17H21F3N4O2. The summed E-state index contributed by atoms with van der Waals surface area (Å²) in [5.41, 5.74) is 1.94. The lowest BCUT2D eigenvalue weighted by Crippen LogP contribution is -2.31. The van der Waals surface area contributed by atoms with E-state index in [0.29, 0.717) is 0 Å². The number of hydrogen-bond acceptors (Lipinski definition) is 5. The van der Waals surface area contributed by atoms with Crippen LogP contribution in [0.4, 0.5) is 23.7 Å². The van der Waals surface area contributed by atoms with Crippen LogP contribution in [0.5, 0.6) is 0 Å². The van der Waals surface area contributed by atoms with Crippen LogP contribution in [0.15, 0.2) is 23.3 Å². The van der Waals surface area contributed by atoms with Gasteiger partial charge >= 0.3 is 12.3 Å². The average molecular weight is 370 g/mol. The number of cyclic esters (lactones) is 1. The zero-order valence-corrected chi connectivity index (χ0v) is 14.4. The molecule has 6 nitrogen and oxygen atoms in total. The number of nitrogens with one attached hydrogen (secondary N) is 2. The molecule has 1 aromatic carbocycles. The minimum absolute atomic E-state index is 0.00143. The van der Waals surface area contributed by atoms with E-state index in [0.717, 1.165) is 38.4 Å². The van der Waals surface area contributed by atoms with Gasteiger partial charge < -0.3 is 15.0 Å². The van der Waals surface area contributed by atoms with E-state index in [1.807, 2.05) is 7.05 Å². The van der Waals surface area contributed by atoms with Crippen molar-refractivity contribution in [1.82, 2.24) is 10.3 Å². The van der Waals surface area contributed by atoms with Crippen molar-refractivity contribution < 1.29 is 22.7 Å². The molecule has 26 heavy (non-hydrogen) atoms. The summed E-state index contributed by atoms with van der Waals surface area (Å²) in [5.74, 6) is 0. The molecule has 0 bridgehead atoms. The lowest BCUT2D eigenvalue weighted by atomic mass is 10.0. The van der Waals surface area contributed by atoms with Crippen molar-refractivity contribution in [3.05, 3.63) is 29.3 Å². The smallest absolute Gasteiger partial charge is 0.428 e. The number of halogens is 3. The highest BCUT2D eigenvalue weighted by Crippen LogP contribution is 2.36. The Hall–Kier alpha value is -2.29. The van der Waals surface area contributed by atoms with E-state index in [9.17, 15) is 18.0 Å². The number of carbonyl (C=O) groups excluding carboxylic acids is 1. The molecule has 2 N–H and O–H groups in total. The summed E-state index contributed by atoms with van der Waals surface area (Å²) in [6.45, 7) is 1.64. The first-order valence-corrected chi connectivity index (χ1v) is 8.49. The number of benzene rings is 1. The molecule has 142 valence electrons. The van der Waals surface area contributed by atoms with Crippen molar-refractivity contribution >= 4 is 17.5 Å². The van der Waals surface area contributed by atoms with Crippen LogP contribution >= 0.6 is 0 Å². The van der Waals surface area contributed by atoms with Crippen LogP contribution in [0.1, 0.15) is 30.4 Å². The highest BCUT2D eigenvalue weighted by atomic mass is 19.4. The fourth-order valence-electron chi connectivity index (χ4n) is 3.15. The van der Waals surface area contributed by atoms with Gasteiger partial charge in [-0.25, -0.2) is 10.2 Å². The van der Waals surface area contributed by atoms with Gasteiger partial charge in [-0.05, 0) is 51.5 Å². The summed E-state index contributed by atoms with van der Waals surface area (Å²) in [6, 6.07) is 4.03. The molecule has 1 unspecified atom stereocenters. The largest absolute Gasteiger partial charge is 0.442 e. The second kappa shape index (κ2) is 7.53. The Morgan fingerprint density at radius 2 is 2.12 bits per heavy atom. The van der Waals surface area contributed by atoms with E-state index >= 15 is 0 Å². The third kappa shape index (κ3) is 4.46. The average Bonchev–Trinajstić information content (AvgIpc) is 2.79. The van der Waals surface area contributed by atoms with Crippen molar-refractivity contribution in [2.45, 2.75) is 31.5 Å². The van der Waals surface area contributed by atoms with E-state index in [1.165, 1.54) is 6.07 Å². The van der Waals surface area contributed by atoms with Crippen molar-refractivity contribution in [1.29, 1.82) is 0 Å². The molecule has 1 atom stereocenters. The number of alkyl halides is 3. The van der Waals surface area contributed by atoms with Gasteiger partial charge in [0.15, 0.2) is 0 Å². The summed E-state index contributed by atoms with van der Waals surface area (Å²) < 4.78 is 45.5. The predicted octanol–water partition coefficient (Wildman–Crippen LogP) is 3.05. The third-order valence-corrected chi connectivity index (χ3v) is 4.59. The van der Waals surface area contributed by atoms with Crippen LogP contribution < -0.4 is 10.7 Å². The molecule has 0 aromatic heterocycles. The predicted molar refractivity (Wildman–Crippen MR) is 91.2 cm³/mol. The van der Waals surface area contributed by atoms with Crippen LogP contribution in [0.3, 0.4) is 0 Å². The van der Waals surface area contributed by atoms with E-state index in [-0.39, 0.29) is 29.6 Å². The van der Waals surface area contributed by atoms with Crippen LogP contribution in [0.25, 0.3) is 0 Å². The Morgan fingerprint density at radius 1 is 1.31 bits per heavy atom. The van der Waals surface area contributed by atoms with Gasteiger partial charge in [0.1, 0.15) is 12.3 Å². The van der Waals surface area contributed by atoms with E-state index in [4.69, 9.17) is 4.74 Å². The van der Waals surface area contributed by atoms with Gasteiger partial charge in [-0.3, -0.25) is 0 Å². The Balaban J connectivity index is 1.84. The number of carbonyl (C=O) groups is 1. The number of ether oxygens (including phenoxy) is 1. The third-order valence-electron chi connectivity index (χ3n) is 4.59. The number of nitrogens with zero attached hydrogens (tertiary/aromatic N) is 2. The normalized spacial score (nSPS) is 22.1. The first-order chi connectivity index (χ1) is 12.3. The van der Waals surface area contributed by atoms with Crippen molar-refractivity contribution in [2.75, 3.05) is 32.1 Å². The Bertz CT molecular complexity index is 706. The molecule has 1 saturated heterocycles. The summed E-state index contributed by atoms with van der Waals surface area (Å²) in [6.07, 6.45) is -2.65. The van der Waals surface area contributed by atoms with Gasteiger partial charge in [-0.2, -0.15) is 18.3 Å². The highest BCUT2D eigenvalue weighted by Gasteiger charge is 2.35. The first-order valence-electron chi connectivity index (χ1n) is 8.49. The number of anilines is 1. The summed E-state index contributed by atoms with van der Waals surface area (Å²) >= 11 is 0. The number of likely N-dealkylation sites (tertiary alicyclic amines) is 1. The van der Waals surface area contributed by atoms with Crippen molar-refractivity contribution in [3.63, 3.8) is 0 Å². The van der Waals surface area contributed by atoms with E-state index in [1.54, 1.807) is 6.07 Å². The monoisotopic (exact) mass is 370 g/mol. The zero-order valence-electron chi connectivity index (χ0n) is 14.4. The molecule has 2 aliphatic heterocycles. The summed E-state index contributed by atoms with van der Waals surface area (Å²) in [7, 11) is 2.02. The second-order valence-corrected chi connectivity index (χ2v) is 6.58. The van der Waals surface area contributed by atoms with Gasteiger partial charge in [-0.1, -0.05) is 6.07 Å². The van der Waals surface area contributed by atoms with E-state index < -0.39 is 17.8 Å². The second-order valence-electron chi connectivity index (χ2n) is 6.58. The van der Waals surface area contributed by atoms with Gasteiger partial charge in [-0.15, -0.1) is 0 Å². The molecule has 2 heterocycles. The Morgan fingerprint density at radius 3 is 2.81 bits per heavy atom. The van der Waals surface area contributed by atoms with E-state index in [2.05, 4.69) is 20.7 Å². The SMILES string of the molecule is CN1CCCC(Nc2ccc(C3=NNC(=O)OC3)cc2C(F)(F)F)CC1. The lowest BCUT2D eigenvalue weighted by Gasteiger charge is -2.22. The van der Waals surface area contributed by atoms with Crippen molar-refractivity contribution in [3.8, 4) is 0 Å². The van der Waals surface area contributed by atoms with Gasteiger partial charge in [0.25, 0.3) is 0 Å². The number of hydrogen-bond donors (Lipinski definition) is 2. The zero-order chi connectivity index (χ0) is 18.7. The van der Waals surface area contributed by atoms with Gasteiger partial charge in [0.2, 0.25) is 0 Å². The maximum absolute atomic E-state index is 13.6. The number of rotatable bonds is 3. The number of hydrazone groups is 1. The topological polar surface area (TPSA) is 66.0 Å². The Labute approximate surface area is 149 Å². The quantitative estimate of drug-likeness (QED) is 0.858.